The first kappa shape index (κ1) is 14.4. The lowest BCUT2D eigenvalue weighted by atomic mass is 10.0. The van der Waals surface area contributed by atoms with Crippen LogP contribution in [0.25, 0.3) is 11.4 Å². The Bertz CT molecular complexity index is 736. The van der Waals surface area contributed by atoms with Crippen LogP contribution in [0.4, 0.5) is 0 Å². The fourth-order valence-corrected chi connectivity index (χ4v) is 2.78. The topological polar surface area (TPSA) is 75.1 Å². The van der Waals surface area contributed by atoms with E-state index in [0.717, 1.165) is 22.3 Å². The molecule has 21 heavy (non-hydrogen) atoms. The molecule has 5 nitrogen and oxygen atoms in total. The second-order valence-corrected chi connectivity index (χ2v) is 5.94. The molecule has 0 saturated heterocycles. The lowest BCUT2D eigenvalue weighted by Crippen LogP contribution is -2.28. The van der Waals surface area contributed by atoms with Crippen molar-refractivity contribution >= 4 is 33.5 Å². The molecule has 0 aliphatic carbocycles. The third-order valence-electron chi connectivity index (χ3n) is 3.31. The van der Waals surface area contributed by atoms with Gasteiger partial charge in [-0.25, -0.2) is 14.8 Å². The van der Waals surface area contributed by atoms with Gasteiger partial charge >= 0.3 is 5.97 Å². The number of nitrogens with one attached hydrogen (secondary N) is 1. The predicted molar refractivity (Wildman–Crippen MR) is 82.5 cm³/mol. The van der Waals surface area contributed by atoms with E-state index in [9.17, 15) is 9.90 Å². The number of rotatable bonds is 2. The van der Waals surface area contributed by atoms with Crippen LogP contribution < -0.4 is 5.32 Å². The molecule has 1 aromatic carbocycles. The fourth-order valence-electron chi connectivity index (χ4n) is 2.28. The van der Waals surface area contributed by atoms with Crippen LogP contribution in [-0.2, 0) is 13.0 Å². The highest BCUT2D eigenvalue weighted by atomic mass is 79.9. The van der Waals surface area contributed by atoms with Gasteiger partial charge in [-0.2, -0.15) is 0 Å². The van der Waals surface area contributed by atoms with Crippen LogP contribution in [0.5, 0.6) is 0 Å². The Labute approximate surface area is 134 Å². The summed E-state index contributed by atoms with van der Waals surface area (Å²) < 4.78 is 0.724. The monoisotopic (exact) mass is 367 g/mol. The van der Waals surface area contributed by atoms with E-state index >= 15 is 0 Å². The minimum atomic E-state index is -1.04. The predicted octanol–water partition coefficient (Wildman–Crippen LogP) is 2.90. The van der Waals surface area contributed by atoms with Gasteiger partial charge in [-0.05, 0) is 34.1 Å². The third-order valence-corrected chi connectivity index (χ3v) is 4.53. The van der Waals surface area contributed by atoms with E-state index in [-0.39, 0.29) is 5.69 Å². The zero-order chi connectivity index (χ0) is 15.0. The number of hydrogen-bond donors (Lipinski definition) is 2. The molecule has 0 spiro atoms. The van der Waals surface area contributed by atoms with Crippen molar-refractivity contribution in [1.82, 2.24) is 15.3 Å². The number of benzene rings is 1. The summed E-state index contributed by atoms with van der Waals surface area (Å²) in [5, 5.41) is 13.1. The van der Waals surface area contributed by atoms with Gasteiger partial charge in [0.25, 0.3) is 0 Å². The normalized spacial score (nSPS) is 13.8. The van der Waals surface area contributed by atoms with Crippen LogP contribution in [0.3, 0.4) is 0 Å². The van der Waals surface area contributed by atoms with Gasteiger partial charge in [0.15, 0.2) is 11.5 Å². The molecule has 0 bridgehead atoms. The highest BCUT2D eigenvalue weighted by molar-refractivity contribution is 9.10. The van der Waals surface area contributed by atoms with Gasteiger partial charge in [0, 0.05) is 35.1 Å². The highest BCUT2D eigenvalue weighted by Crippen LogP contribution is 2.28. The number of carboxylic acid groups (broad SMARTS) is 1. The Morgan fingerprint density at radius 3 is 2.90 bits per heavy atom. The van der Waals surface area contributed by atoms with Crippen LogP contribution in [0, 0.1) is 0 Å². The lowest BCUT2D eigenvalue weighted by molar-refractivity contribution is 0.0688. The summed E-state index contributed by atoms with van der Waals surface area (Å²) in [6, 6.07) is 5.30. The summed E-state index contributed by atoms with van der Waals surface area (Å²) in [4.78, 5) is 20.2. The molecule has 0 unspecified atom stereocenters. The first-order valence-corrected chi connectivity index (χ1v) is 7.52. The number of aromatic carboxylic acids is 1. The highest BCUT2D eigenvalue weighted by Gasteiger charge is 2.22. The Balaban J connectivity index is 2.16. The molecule has 0 atom stereocenters. The third kappa shape index (κ3) is 2.79. The zero-order valence-electron chi connectivity index (χ0n) is 10.9. The summed E-state index contributed by atoms with van der Waals surface area (Å²) in [7, 11) is 0. The molecular weight excluding hydrogens is 358 g/mol. The first-order chi connectivity index (χ1) is 10.1. The molecule has 7 heteroatoms. The van der Waals surface area contributed by atoms with Crippen LogP contribution in [0.15, 0.2) is 22.7 Å². The summed E-state index contributed by atoms with van der Waals surface area (Å²) in [6.07, 6.45) is 0.694. The fraction of sp³-hybridized carbons (Fsp3) is 0.214. The molecule has 1 aliphatic heterocycles. The van der Waals surface area contributed by atoms with Crippen LogP contribution in [0.2, 0.25) is 5.02 Å². The molecule has 3 rings (SSSR count). The van der Waals surface area contributed by atoms with Crippen molar-refractivity contribution in [3.05, 3.63) is 44.6 Å². The number of aromatic nitrogens is 2. The Hall–Kier alpha value is -1.50. The van der Waals surface area contributed by atoms with Crippen LogP contribution >= 0.6 is 27.5 Å². The molecule has 1 aliphatic rings. The van der Waals surface area contributed by atoms with Gasteiger partial charge in [0.1, 0.15) is 0 Å². The number of carboxylic acids is 1. The number of nitrogens with zero attached hydrogens (tertiary/aromatic N) is 2. The Morgan fingerprint density at radius 1 is 1.38 bits per heavy atom. The van der Waals surface area contributed by atoms with E-state index in [2.05, 4.69) is 31.2 Å². The smallest absolute Gasteiger partial charge is 0.354 e. The molecule has 1 aromatic heterocycles. The van der Waals surface area contributed by atoms with E-state index < -0.39 is 5.97 Å². The van der Waals surface area contributed by atoms with Crippen molar-refractivity contribution in [3.63, 3.8) is 0 Å². The molecule has 108 valence electrons. The molecule has 0 fully saturated rings. The van der Waals surface area contributed by atoms with Gasteiger partial charge in [-0.15, -0.1) is 0 Å². The molecule has 2 heterocycles. The average molecular weight is 369 g/mol. The standard InChI is InChI=1S/C14H11BrClN3O2/c15-9-5-7(1-2-10(9)16)13-18-11-3-4-17-6-8(11)12(19-13)14(20)21/h1-2,5,17H,3-4,6H2,(H,20,21). The number of fused-ring (bicyclic) bond motifs is 1. The minimum absolute atomic E-state index is 0.0632. The van der Waals surface area contributed by atoms with Crippen LogP contribution in [-0.4, -0.2) is 27.6 Å². The van der Waals surface area contributed by atoms with Gasteiger partial charge in [0.2, 0.25) is 0 Å². The van der Waals surface area contributed by atoms with Crippen molar-refractivity contribution in [2.75, 3.05) is 6.54 Å². The SMILES string of the molecule is O=C(O)c1nc(-c2ccc(Cl)c(Br)c2)nc2c1CNCC2. The maximum Gasteiger partial charge on any atom is 0.354 e. The average Bonchev–Trinajstić information content (AvgIpc) is 2.48. The van der Waals surface area contributed by atoms with E-state index in [1.165, 1.54) is 0 Å². The quantitative estimate of drug-likeness (QED) is 0.852. The van der Waals surface area contributed by atoms with E-state index in [0.29, 0.717) is 29.4 Å². The number of carbonyl (C=O) groups is 1. The minimum Gasteiger partial charge on any atom is -0.476 e. The number of hydrogen-bond acceptors (Lipinski definition) is 4. The van der Waals surface area contributed by atoms with E-state index in [1.807, 2.05) is 0 Å². The summed E-state index contributed by atoms with van der Waals surface area (Å²) in [5.74, 6) is -0.628. The second kappa shape index (κ2) is 5.71. The van der Waals surface area contributed by atoms with Crippen molar-refractivity contribution in [2.45, 2.75) is 13.0 Å². The second-order valence-electron chi connectivity index (χ2n) is 4.68. The van der Waals surface area contributed by atoms with E-state index in [1.54, 1.807) is 18.2 Å². The van der Waals surface area contributed by atoms with Crippen LogP contribution in [0.1, 0.15) is 21.7 Å². The van der Waals surface area contributed by atoms with Crippen molar-refractivity contribution in [2.24, 2.45) is 0 Å². The summed E-state index contributed by atoms with van der Waals surface area (Å²) >= 11 is 9.33. The first-order valence-electron chi connectivity index (χ1n) is 6.35. The van der Waals surface area contributed by atoms with Gasteiger partial charge in [0.05, 0.1) is 10.7 Å². The van der Waals surface area contributed by atoms with Crippen molar-refractivity contribution in [3.8, 4) is 11.4 Å². The summed E-state index contributed by atoms with van der Waals surface area (Å²) in [5.41, 5.74) is 2.26. The molecule has 0 saturated carbocycles. The summed E-state index contributed by atoms with van der Waals surface area (Å²) in [6.45, 7) is 1.27. The lowest BCUT2D eigenvalue weighted by Gasteiger charge is -2.18. The maximum atomic E-state index is 11.4. The van der Waals surface area contributed by atoms with Crippen molar-refractivity contribution < 1.29 is 9.90 Å². The zero-order valence-corrected chi connectivity index (χ0v) is 13.2. The van der Waals surface area contributed by atoms with Gasteiger partial charge in [-0.3, -0.25) is 0 Å². The molecular formula is C14H11BrClN3O2. The Kier molecular flexibility index (Phi) is 3.93. The molecule has 2 N–H and O–H groups in total. The Morgan fingerprint density at radius 2 is 2.19 bits per heavy atom. The molecule has 2 aromatic rings. The molecule has 0 amide bonds. The molecule has 0 radical (unpaired) electrons. The van der Waals surface area contributed by atoms with E-state index in [4.69, 9.17) is 11.6 Å². The largest absolute Gasteiger partial charge is 0.476 e. The van der Waals surface area contributed by atoms with Gasteiger partial charge < -0.3 is 10.4 Å². The van der Waals surface area contributed by atoms with Crippen molar-refractivity contribution in [1.29, 1.82) is 0 Å². The number of halogens is 2. The maximum absolute atomic E-state index is 11.4. The van der Waals surface area contributed by atoms with Gasteiger partial charge in [-0.1, -0.05) is 11.6 Å².